The fraction of sp³-hybridized carbons (Fsp3) is 1.00. The van der Waals surface area contributed by atoms with E-state index in [-0.39, 0.29) is 0 Å². The van der Waals surface area contributed by atoms with Gasteiger partial charge in [-0.1, -0.05) is 6.42 Å². The van der Waals surface area contributed by atoms with E-state index >= 15 is 0 Å². The van der Waals surface area contributed by atoms with Gasteiger partial charge in [-0.15, -0.1) is 0 Å². The molecule has 2 rings (SSSR count). The van der Waals surface area contributed by atoms with Gasteiger partial charge in [0.2, 0.25) is 0 Å². The Morgan fingerprint density at radius 1 is 1.12 bits per heavy atom. The van der Waals surface area contributed by atoms with E-state index < -0.39 is 0 Å². The maximum Gasteiger partial charge on any atom is 0.00793 e. The van der Waals surface area contributed by atoms with Crippen molar-refractivity contribution in [2.24, 2.45) is 17.6 Å². The monoisotopic (exact) mass is 239 g/mol. The van der Waals surface area contributed by atoms with Crippen LogP contribution in [0.3, 0.4) is 0 Å². The summed E-state index contributed by atoms with van der Waals surface area (Å²) in [6, 6.07) is 0.481. The molecule has 0 radical (unpaired) electrons. The highest BCUT2D eigenvalue weighted by Gasteiger charge is 2.27. The predicted molar refractivity (Wildman–Crippen MR) is 73.0 cm³/mol. The summed E-state index contributed by atoms with van der Waals surface area (Å²) in [6.07, 6.45) is 6.71. The molecule has 3 nitrogen and oxygen atoms in total. The molecule has 1 aliphatic carbocycles. The number of hydrogen-bond donors (Lipinski definition) is 1. The van der Waals surface area contributed by atoms with Crippen LogP contribution >= 0.6 is 0 Å². The van der Waals surface area contributed by atoms with E-state index in [1.165, 1.54) is 58.3 Å². The zero-order chi connectivity index (χ0) is 12.3. The van der Waals surface area contributed by atoms with E-state index in [0.29, 0.717) is 6.04 Å². The molecule has 0 spiro atoms. The fourth-order valence-corrected chi connectivity index (χ4v) is 3.49. The lowest BCUT2D eigenvalue weighted by Gasteiger charge is -2.35. The van der Waals surface area contributed by atoms with Crippen molar-refractivity contribution < 1.29 is 0 Å². The first-order valence-corrected chi connectivity index (χ1v) is 7.28. The molecule has 0 bridgehead atoms. The van der Waals surface area contributed by atoms with E-state index in [1.807, 2.05) is 0 Å². The number of hydrogen-bond acceptors (Lipinski definition) is 3. The summed E-state index contributed by atoms with van der Waals surface area (Å²) in [5.41, 5.74) is 6.16. The second-order valence-electron chi connectivity index (χ2n) is 6.36. The number of likely N-dealkylation sites (tertiary alicyclic amines) is 1. The van der Waals surface area contributed by atoms with E-state index in [4.69, 9.17) is 5.73 Å². The van der Waals surface area contributed by atoms with E-state index in [9.17, 15) is 0 Å². The normalized spacial score (nSPS) is 32.5. The van der Waals surface area contributed by atoms with Crippen molar-refractivity contribution in [3.8, 4) is 0 Å². The van der Waals surface area contributed by atoms with Gasteiger partial charge in [0.25, 0.3) is 0 Å². The lowest BCUT2D eigenvalue weighted by atomic mass is 9.95. The molecule has 0 aromatic rings. The van der Waals surface area contributed by atoms with Crippen molar-refractivity contribution in [3.05, 3.63) is 0 Å². The van der Waals surface area contributed by atoms with Gasteiger partial charge in [0.05, 0.1) is 0 Å². The summed E-state index contributed by atoms with van der Waals surface area (Å²) in [5, 5.41) is 0. The highest BCUT2D eigenvalue weighted by molar-refractivity contribution is 4.84. The summed E-state index contributed by atoms with van der Waals surface area (Å²) < 4.78 is 0. The Bertz CT molecular complexity index is 222. The van der Waals surface area contributed by atoms with Crippen LogP contribution in [0.5, 0.6) is 0 Å². The van der Waals surface area contributed by atoms with Gasteiger partial charge < -0.3 is 15.5 Å². The summed E-state index contributed by atoms with van der Waals surface area (Å²) in [7, 11) is 4.37. The first-order valence-electron chi connectivity index (χ1n) is 7.28. The molecule has 1 saturated carbocycles. The van der Waals surface area contributed by atoms with Gasteiger partial charge in [-0.3, -0.25) is 0 Å². The Morgan fingerprint density at radius 3 is 2.35 bits per heavy atom. The minimum absolute atomic E-state index is 0.481. The van der Waals surface area contributed by atoms with Crippen LogP contribution in [0, 0.1) is 11.8 Å². The highest BCUT2D eigenvalue weighted by Crippen LogP contribution is 2.26. The van der Waals surface area contributed by atoms with Crippen LogP contribution in [0.15, 0.2) is 0 Å². The van der Waals surface area contributed by atoms with Gasteiger partial charge >= 0.3 is 0 Å². The van der Waals surface area contributed by atoms with E-state index in [2.05, 4.69) is 23.9 Å². The van der Waals surface area contributed by atoms with Crippen LogP contribution in [0.1, 0.15) is 32.1 Å². The Balaban J connectivity index is 1.68. The Kier molecular flexibility index (Phi) is 4.83. The molecule has 2 N–H and O–H groups in total. The average Bonchev–Trinajstić information content (AvgIpc) is 2.67. The molecule has 2 aliphatic rings. The van der Waals surface area contributed by atoms with Crippen molar-refractivity contribution in [1.29, 1.82) is 0 Å². The minimum Gasteiger partial charge on any atom is -0.327 e. The van der Waals surface area contributed by atoms with Crippen molar-refractivity contribution >= 4 is 0 Å². The third-order valence-electron chi connectivity index (χ3n) is 4.54. The van der Waals surface area contributed by atoms with Gasteiger partial charge in [0.1, 0.15) is 0 Å². The van der Waals surface area contributed by atoms with Crippen LogP contribution in [0.2, 0.25) is 0 Å². The number of piperidine rings is 1. The fourth-order valence-electron chi connectivity index (χ4n) is 3.49. The maximum atomic E-state index is 6.16. The maximum absolute atomic E-state index is 6.16. The Labute approximate surface area is 106 Å². The van der Waals surface area contributed by atoms with Crippen molar-refractivity contribution in [1.82, 2.24) is 9.80 Å². The summed E-state index contributed by atoms with van der Waals surface area (Å²) in [6.45, 7) is 5.11. The van der Waals surface area contributed by atoms with Crippen molar-refractivity contribution in [3.63, 3.8) is 0 Å². The molecular weight excluding hydrogens is 210 g/mol. The number of rotatable bonds is 4. The van der Waals surface area contributed by atoms with Gasteiger partial charge in [-0.05, 0) is 64.7 Å². The first kappa shape index (κ1) is 13.3. The quantitative estimate of drug-likeness (QED) is 0.804. The molecule has 1 aliphatic heterocycles. The molecule has 0 aromatic carbocycles. The molecule has 17 heavy (non-hydrogen) atoms. The van der Waals surface area contributed by atoms with Crippen LogP contribution in [-0.2, 0) is 0 Å². The lowest BCUT2D eigenvalue weighted by molar-refractivity contribution is 0.141. The summed E-state index contributed by atoms with van der Waals surface area (Å²) in [5.74, 6) is 1.69. The van der Waals surface area contributed by atoms with Crippen molar-refractivity contribution in [2.75, 3.05) is 40.3 Å². The molecule has 2 atom stereocenters. The first-order chi connectivity index (χ1) is 8.15. The molecule has 2 fully saturated rings. The largest absolute Gasteiger partial charge is 0.327 e. The van der Waals surface area contributed by atoms with E-state index in [0.717, 1.165) is 11.8 Å². The number of nitrogens with zero attached hydrogens (tertiary/aromatic N) is 2. The molecule has 0 aromatic heterocycles. The zero-order valence-corrected chi connectivity index (χ0v) is 11.6. The lowest BCUT2D eigenvalue weighted by Crippen LogP contribution is -2.42. The molecule has 3 heteroatoms. The van der Waals surface area contributed by atoms with Crippen LogP contribution in [0.25, 0.3) is 0 Å². The topological polar surface area (TPSA) is 32.5 Å². The SMILES string of the molecule is CN(C)CC1CCN(CC2CCCC2N)CC1. The second-order valence-corrected chi connectivity index (χ2v) is 6.36. The molecular formula is C14H29N3. The van der Waals surface area contributed by atoms with Crippen LogP contribution < -0.4 is 5.73 Å². The molecule has 0 amide bonds. The standard InChI is InChI=1S/C14H29N3/c1-16(2)10-12-6-8-17(9-7-12)11-13-4-3-5-14(13)15/h12-14H,3-11,15H2,1-2H3. The Morgan fingerprint density at radius 2 is 1.82 bits per heavy atom. The van der Waals surface area contributed by atoms with Crippen LogP contribution in [0.4, 0.5) is 0 Å². The van der Waals surface area contributed by atoms with Crippen molar-refractivity contribution in [2.45, 2.75) is 38.1 Å². The van der Waals surface area contributed by atoms with Gasteiger partial charge in [0.15, 0.2) is 0 Å². The van der Waals surface area contributed by atoms with Crippen LogP contribution in [-0.4, -0.2) is 56.1 Å². The third-order valence-corrected chi connectivity index (χ3v) is 4.54. The predicted octanol–water partition coefficient (Wildman–Crippen LogP) is 1.39. The molecule has 1 heterocycles. The summed E-state index contributed by atoms with van der Waals surface area (Å²) in [4.78, 5) is 4.98. The van der Waals surface area contributed by atoms with Gasteiger partial charge in [-0.2, -0.15) is 0 Å². The smallest absolute Gasteiger partial charge is 0.00793 e. The van der Waals surface area contributed by atoms with Gasteiger partial charge in [0, 0.05) is 19.1 Å². The zero-order valence-electron chi connectivity index (χ0n) is 11.6. The number of nitrogens with two attached hydrogens (primary N) is 1. The molecule has 2 unspecified atom stereocenters. The van der Waals surface area contributed by atoms with E-state index in [1.54, 1.807) is 0 Å². The molecule has 100 valence electrons. The second kappa shape index (κ2) is 6.17. The average molecular weight is 239 g/mol. The Hall–Kier alpha value is -0.120. The third kappa shape index (κ3) is 3.94. The van der Waals surface area contributed by atoms with Gasteiger partial charge in [-0.25, -0.2) is 0 Å². The highest BCUT2D eigenvalue weighted by atomic mass is 15.1. The minimum atomic E-state index is 0.481. The summed E-state index contributed by atoms with van der Waals surface area (Å²) >= 11 is 0. The molecule has 1 saturated heterocycles.